The summed E-state index contributed by atoms with van der Waals surface area (Å²) in [4.78, 5) is 16.0. The number of nitrogens with one attached hydrogen (secondary N) is 1. The average molecular weight is 531 g/mol. The van der Waals surface area contributed by atoms with Crippen molar-refractivity contribution in [2.75, 3.05) is 21.3 Å². The Kier molecular flexibility index (Phi) is 17.0. The van der Waals surface area contributed by atoms with Gasteiger partial charge in [-0.25, -0.2) is 4.39 Å². The molecule has 1 N–H and O–H groups in total. The number of hydrogen-bond acceptors (Lipinski definition) is 3. The average Bonchev–Trinajstić information content (AvgIpc) is 2.94. The summed E-state index contributed by atoms with van der Waals surface area (Å²) in [5, 5.41) is 7.62. The van der Waals surface area contributed by atoms with Crippen LogP contribution in [0.4, 0.5) is 13.2 Å². The van der Waals surface area contributed by atoms with Crippen molar-refractivity contribution < 1.29 is 55.3 Å². The van der Waals surface area contributed by atoms with E-state index in [1.165, 1.54) is 18.9 Å². The molecule has 5 nitrogen and oxygen atoms in total. The molecular weight excluding hydrogens is 494 g/mol. The van der Waals surface area contributed by atoms with E-state index in [0.717, 1.165) is 37.0 Å². The normalized spacial score (nSPS) is 17.9. The molecule has 1 aliphatic heterocycles. The Labute approximate surface area is 216 Å². The number of nitrogens with zero attached hydrogens (tertiary/aromatic N) is 3. The van der Waals surface area contributed by atoms with E-state index in [1.807, 2.05) is 46.1 Å². The number of halogens is 3. The van der Waals surface area contributed by atoms with Gasteiger partial charge in [0.1, 0.15) is 11.9 Å². The van der Waals surface area contributed by atoms with Crippen LogP contribution >= 0.6 is 0 Å². The van der Waals surface area contributed by atoms with Gasteiger partial charge in [0.2, 0.25) is 5.91 Å². The largest absolute Gasteiger partial charge is 0.307 e. The topological polar surface area (TPSA) is 54.4 Å². The van der Waals surface area contributed by atoms with Crippen LogP contribution in [0, 0.1) is 12.8 Å². The summed E-state index contributed by atoms with van der Waals surface area (Å²) in [6.45, 7) is 9.46. The Morgan fingerprint density at radius 2 is 1.75 bits per heavy atom. The number of amidine groups is 1. The third-order valence-electron chi connectivity index (χ3n) is 4.62. The van der Waals surface area contributed by atoms with Gasteiger partial charge >= 0.3 is 0 Å². The third-order valence-corrected chi connectivity index (χ3v) is 4.62. The number of hydrogen-bond donors (Lipinski definition) is 1. The first-order chi connectivity index (χ1) is 14.6. The second-order valence-electron chi connectivity index (χ2n) is 7.32. The molecule has 1 radical (unpaired) electrons. The summed E-state index contributed by atoms with van der Waals surface area (Å²) in [6.07, 6.45) is 2.37. The van der Waals surface area contributed by atoms with E-state index in [4.69, 9.17) is 5.10 Å². The molecule has 0 bridgehead atoms. The molecule has 1 saturated carbocycles. The molecule has 2 atom stereocenters. The predicted molar refractivity (Wildman–Crippen MR) is 121 cm³/mol. The Balaban J connectivity index is 0. The van der Waals surface area contributed by atoms with Crippen molar-refractivity contribution in [2.45, 2.75) is 59.3 Å². The molecule has 1 aliphatic carbocycles. The van der Waals surface area contributed by atoms with E-state index in [2.05, 4.69) is 17.2 Å². The zero-order valence-corrected chi connectivity index (χ0v) is 23.2. The maximum absolute atomic E-state index is 11.5. The van der Waals surface area contributed by atoms with Crippen molar-refractivity contribution in [2.24, 2.45) is 11.0 Å². The molecule has 179 valence electrons. The molecule has 2 heterocycles. The van der Waals surface area contributed by atoms with Gasteiger partial charge in [-0.1, -0.05) is 31.4 Å². The first kappa shape index (κ1) is 33.1. The fourth-order valence-electron chi connectivity index (χ4n) is 3.02. The van der Waals surface area contributed by atoms with Gasteiger partial charge in [0.25, 0.3) is 0 Å². The third kappa shape index (κ3) is 9.79. The molecule has 1 fully saturated rings. The van der Waals surface area contributed by atoms with Crippen LogP contribution in [0.1, 0.15) is 52.7 Å². The fraction of sp³-hybridized carbons (Fsp3) is 0.565. The molecule has 3 rings (SSSR count). The second-order valence-corrected chi connectivity index (χ2v) is 7.32. The van der Waals surface area contributed by atoms with Gasteiger partial charge in [-0.05, 0) is 37.8 Å². The predicted octanol–water partition coefficient (Wildman–Crippen LogP) is 5.26. The van der Waals surface area contributed by atoms with Crippen LogP contribution in [0.25, 0.3) is 5.70 Å². The standard InChI is InChI=1S/C16H20N4O.C4H7F2.C2H6.CH3F.Y/c1-11(21)18-16-14(12-7-6-8-12)15(20(2,3)19-16)13-9-4-5-10-17-13;1-3(5)4(2)6;2*1-2;/h4-5,9-10,12H,6-8H2,1-3H3;3-4H,1H2,2H3;1-2H3;1H3;/q;-1;;;/p+1. The van der Waals surface area contributed by atoms with Crippen LogP contribution in [0.3, 0.4) is 0 Å². The Bertz CT molecular complexity index is 728. The van der Waals surface area contributed by atoms with E-state index in [-0.39, 0.29) is 38.6 Å². The minimum absolute atomic E-state index is 0. The summed E-state index contributed by atoms with van der Waals surface area (Å²) in [7, 11) is 4.55. The number of carbonyl (C=O) groups is 1. The smallest absolute Gasteiger partial charge is 0.222 e. The van der Waals surface area contributed by atoms with Gasteiger partial charge in [0, 0.05) is 52.0 Å². The SMILES string of the molecule is CC.CC(=O)NC1=N[N+](C)(C)C(c2ccccn2)=C1C1CCC1.CF.[CH2-]C(F)C(C)F.[Y]. The molecule has 1 aromatic rings. The van der Waals surface area contributed by atoms with Gasteiger partial charge < -0.3 is 12.2 Å². The molecular formula is C23H37F3N4OY. The molecule has 1 aromatic heterocycles. The van der Waals surface area contributed by atoms with Crippen LogP contribution < -0.4 is 5.32 Å². The van der Waals surface area contributed by atoms with Crippen molar-refractivity contribution in [3.8, 4) is 0 Å². The summed E-state index contributed by atoms with van der Waals surface area (Å²) in [5.74, 6) is 1.12. The summed E-state index contributed by atoms with van der Waals surface area (Å²) >= 11 is 0. The number of carbonyl (C=O) groups excluding carboxylic acids is 1. The molecule has 0 aromatic carbocycles. The molecule has 0 saturated heterocycles. The maximum atomic E-state index is 11.5. The maximum Gasteiger partial charge on any atom is 0.222 e. The van der Waals surface area contributed by atoms with Crippen molar-refractivity contribution in [3.05, 3.63) is 42.6 Å². The van der Waals surface area contributed by atoms with Crippen LogP contribution in [0.2, 0.25) is 0 Å². The molecule has 2 aliphatic rings. The quantitative estimate of drug-likeness (QED) is 0.428. The van der Waals surface area contributed by atoms with Crippen LogP contribution in [-0.4, -0.2) is 54.9 Å². The first-order valence-corrected chi connectivity index (χ1v) is 10.5. The minimum atomic E-state index is -1.56. The number of pyridine rings is 1. The van der Waals surface area contributed by atoms with Crippen LogP contribution in [0.15, 0.2) is 35.1 Å². The van der Waals surface area contributed by atoms with Gasteiger partial charge in [0.05, 0.1) is 26.8 Å². The van der Waals surface area contributed by atoms with Gasteiger partial charge in [-0.15, -0.1) is 0 Å². The Morgan fingerprint density at radius 1 is 1.22 bits per heavy atom. The van der Waals surface area contributed by atoms with Crippen molar-refractivity contribution >= 4 is 17.4 Å². The van der Waals surface area contributed by atoms with E-state index in [9.17, 15) is 18.0 Å². The Hall–Kier alpha value is -1.12. The molecule has 32 heavy (non-hydrogen) atoms. The van der Waals surface area contributed by atoms with Crippen LogP contribution in [0.5, 0.6) is 0 Å². The van der Waals surface area contributed by atoms with Crippen molar-refractivity contribution in [3.63, 3.8) is 0 Å². The monoisotopic (exact) mass is 531 g/mol. The summed E-state index contributed by atoms with van der Waals surface area (Å²) in [5.41, 5.74) is 3.21. The molecule has 9 heteroatoms. The first-order valence-electron chi connectivity index (χ1n) is 10.5. The summed E-state index contributed by atoms with van der Waals surface area (Å²) in [6, 6.07) is 5.92. The molecule has 0 spiro atoms. The number of quaternary nitrogens is 1. The van der Waals surface area contributed by atoms with E-state index < -0.39 is 12.3 Å². The number of rotatable bonds is 3. The minimum Gasteiger partial charge on any atom is -0.307 e. The van der Waals surface area contributed by atoms with E-state index in [1.54, 1.807) is 6.20 Å². The zero-order valence-electron chi connectivity index (χ0n) is 20.3. The number of amides is 1. The van der Waals surface area contributed by atoms with E-state index in [0.29, 0.717) is 17.7 Å². The van der Waals surface area contributed by atoms with Crippen molar-refractivity contribution in [1.82, 2.24) is 10.3 Å². The second kappa shape index (κ2) is 16.5. The fourth-order valence-corrected chi connectivity index (χ4v) is 3.02. The zero-order chi connectivity index (χ0) is 24.2. The van der Waals surface area contributed by atoms with Crippen molar-refractivity contribution in [1.29, 1.82) is 0 Å². The van der Waals surface area contributed by atoms with Crippen LogP contribution in [-0.2, 0) is 37.5 Å². The Morgan fingerprint density at radius 3 is 2.09 bits per heavy atom. The van der Waals surface area contributed by atoms with Gasteiger partial charge in [0.15, 0.2) is 11.5 Å². The number of aromatic nitrogens is 1. The van der Waals surface area contributed by atoms with Gasteiger partial charge in [-0.2, -0.15) is 4.59 Å². The summed E-state index contributed by atoms with van der Waals surface area (Å²) < 4.78 is 32.6. The number of alkyl halides is 3. The van der Waals surface area contributed by atoms with E-state index >= 15 is 0 Å². The van der Waals surface area contributed by atoms with Gasteiger partial charge in [-0.3, -0.25) is 18.6 Å². The molecule has 2 unspecified atom stereocenters. The molecule has 1 amide bonds.